The standard InChI is InChI=1S/C17H27N/c1-13-4-8-16(9-5-13)12-18-15(3)17-10-6-14(2)7-11-17/h6-7,10-11,13,15-16,18H,4-5,8-9,12H2,1-3H3. The first-order chi connectivity index (χ1) is 8.65. The van der Waals surface area contributed by atoms with E-state index in [2.05, 4.69) is 50.4 Å². The summed E-state index contributed by atoms with van der Waals surface area (Å²) >= 11 is 0. The van der Waals surface area contributed by atoms with Crippen molar-refractivity contribution in [3.63, 3.8) is 0 Å². The maximum absolute atomic E-state index is 3.70. The monoisotopic (exact) mass is 245 g/mol. The van der Waals surface area contributed by atoms with E-state index in [1.54, 1.807) is 0 Å². The SMILES string of the molecule is Cc1ccc(C(C)NCC2CCC(C)CC2)cc1. The average Bonchev–Trinajstić information content (AvgIpc) is 2.38. The van der Waals surface area contributed by atoms with Crippen LogP contribution < -0.4 is 5.32 Å². The van der Waals surface area contributed by atoms with Crippen LogP contribution in [0.3, 0.4) is 0 Å². The normalized spacial score (nSPS) is 25.9. The Morgan fingerprint density at radius 1 is 1.11 bits per heavy atom. The molecular weight excluding hydrogens is 218 g/mol. The second kappa shape index (κ2) is 6.38. The zero-order valence-corrected chi connectivity index (χ0v) is 12.1. The fourth-order valence-corrected chi connectivity index (χ4v) is 2.85. The highest BCUT2D eigenvalue weighted by Crippen LogP contribution is 2.28. The Kier molecular flexibility index (Phi) is 4.82. The van der Waals surface area contributed by atoms with Crippen molar-refractivity contribution in [2.24, 2.45) is 11.8 Å². The van der Waals surface area contributed by atoms with Gasteiger partial charge in [0.05, 0.1) is 0 Å². The summed E-state index contributed by atoms with van der Waals surface area (Å²) in [7, 11) is 0. The van der Waals surface area contributed by atoms with Crippen molar-refractivity contribution in [2.45, 2.75) is 52.5 Å². The Bertz CT molecular complexity index is 346. The number of rotatable bonds is 4. The van der Waals surface area contributed by atoms with E-state index < -0.39 is 0 Å². The summed E-state index contributed by atoms with van der Waals surface area (Å²) in [6.07, 6.45) is 5.67. The van der Waals surface area contributed by atoms with Crippen molar-refractivity contribution < 1.29 is 0 Å². The van der Waals surface area contributed by atoms with Crippen molar-refractivity contribution >= 4 is 0 Å². The molecule has 1 atom stereocenters. The van der Waals surface area contributed by atoms with Crippen molar-refractivity contribution in [1.29, 1.82) is 0 Å². The summed E-state index contributed by atoms with van der Waals surface area (Å²) in [4.78, 5) is 0. The van der Waals surface area contributed by atoms with Crippen LogP contribution in [-0.2, 0) is 0 Å². The van der Waals surface area contributed by atoms with Crippen LogP contribution in [0.15, 0.2) is 24.3 Å². The molecule has 100 valence electrons. The highest BCUT2D eigenvalue weighted by atomic mass is 14.9. The van der Waals surface area contributed by atoms with Crippen LogP contribution in [0.2, 0.25) is 0 Å². The van der Waals surface area contributed by atoms with E-state index in [9.17, 15) is 0 Å². The van der Waals surface area contributed by atoms with E-state index in [-0.39, 0.29) is 0 Å². The predicted octanol–water partition coefficient (Wildman–Crippen LogP) is 4.47. The van der Waals surface area contributed by atoms with Gasteiger partial charge in [-0.25, -0.2) is 0 Å². The zero-order chi connectivity index (χ0) is 13.0. The van der Waals surface area contributed by atoms with Crippen LogP contribution in [0.4, 0.5) is 0 Å². The molecule has 1 nitrogen and oxygen atoms in total. The number of benzene rings is 1. The van der Waals surface area contributed by atoms with Crippen LogP contribution in [0, 0.1) is 18.8 Å². The molecule has 1 heteroatoms. The molecule has 1 aromatic rings. The topological polar surface area (TPSA) is 12.0 Å². The van der Waals surface area contributed by atoms with Gasteiger partial charge < -0.3 is 5.32 Å². The molecule has 0 bridgehead atoms. The van der Waals surface area contributed by atoms with Gasteiger partial charge in [-0.05, 0) is 50.6 Å². The molecule has 1 saturated carbocycles. The Labute approximate surface area is 112 Å². The van der Waals surface area contributed by atoms with Crippen LogP contribution in [0.5, 0.6) is 0 Å². The van der Waals surface area contributed by atoms with Crippen LogP contribution in [0.1, 0.15) is 56.7 Å². The van der Waals surface area contributed by atoms with Gasteiger partial charge >= 0.3 is 0 Å². The van der Waals surface area contributed by atoms with Gasteiger partial charge in [-0.2, -0.15) is 0 Å². The van der Waals surface area contributed by atoms with Crippen molar-refractivity contribution in [1.82, 2.24) is 5.32 Å². The van der Waals surface area contributed by atoms with Gasteiger partial charge in [0.2, 0.25) is 0 Å². The van der Waals surface area contributed by atoms with E-state index in [4.69, 9.17) is 0 Å². The Morgan fingerprint density at radius 2 is 1.72 bits per heavy atom. The minimum atomic E-state index is 0.477. The minimum Gasteiger partial charge on any atom is -0.310 e. The van der Waals surface area contributed by atoms with Gasteiger partial charge in [0.25, 0.3) is 0 Å². The lowest BCUT2D eigenvalue weighted by atomic mass is 9.83. The molecule has 1 aliphatic carbocycles. The first-order valence-corrected chi connectivity index (χ1v) is 7.45. The first kappa shape index (κ1) is 13.6. The smallest absolute Gasteiger partial charge is 0.0291 e. The summed E-state index contributed by atoms with van der Waals surface area (Å²) in [5.74, 6) is 1.85. The highest BCUT2D eigenvalue weighted by Gasteiger charge is 2.18. The van der Waals surface area contributed by atoms with Gasteiger partial charge in [-0.1, -0.05) is 49.6 Å². The zero-order valence-electron chi connectivity index (χ0n) is 12.1. The van der Waals surface area contributed by atoms with Gasteiger partial charge in [0.15, 0.2) is 0 Å². The van der Waals surface area contributed by atoms with Gasteiger partial charge in [0.1, 0.15) is 0 Å². The number of aryl methyl sites for hydroxylation is 1. The Hall–Kier alpha value is -0.820. The molecule has 18 heavy (non-hydrogen) atoms. The maximum Gasteiger partial charge on any atom is 0.0291 e. The quantitative estimate of drug-likeness (QED) is 0.825. The Balaban J connectivity index is 1.77. The third-order valence-electron chi connectivity index (χ3n) is 4.43. The van der Waals surface area contributed by atoms with Crippen molar-refractivity contribution in [2.75, 3.05) is 6.54 Å². The second-order valence-electron chi connectivity index (χ2n) is 6.17. The van der Waals surface area contributed by atoms with E-state index in [1.165, 1.54) is 43.4 Å². The number of hydrogen-bond donors (Lipinski definition) is 1. The van der Waals surface area contributed by atoms with Crippen molar-refractivity contribution in [3.8, 4) is 0 Å². The molecule has 0 radical (unpaired) electrons. The van der Waals surface area contributed by atoms with Crippen molar-refractivity contribution in [3.05, 3.63) is 35.4 Å². The fourth-order valence-electron chi connectivity index (χ4n) is 2.85. The van der Waals surface area contributed by atoms with E-state index in [0.717, 1.165) is 11.8 Å². The molecule has 0 spiro atoms. The summed E-state index contributed by atoms with van der Waals surface area (Å²) in [5.41, 5.74) is 2.75. The van der Waals surface area contributed by atoms with Crippen LogP contribution in [0.25, 0.3) is 0 Å². The largest absolute Gasteiger partial charge is 0.310 e. The Morgan fingerprint density at radius 3 is 2.33 bits per heavy atom. The third kappa shape index (κ3) is 3.84. The van der Waals surface area contributed by atoms with E-state index >= 15 is 0 Å². The predicted molar refractivity (Wildman–Crippen MR) is 78.7 cm³/mol. The molecule has 1 fully saturated rings. The average molecular weight is 245 g/mol. The lowest BCUT2D eigenvalue weighted by Crippen LogP contribution is -2.28. The lowest BCUT2D eigenvalue weighted by Gasteiger charge is -2.27. The first-order valence-electron chi connectivity index (χ1n) is 7.45. The fraction of sp³-hybridized carbons (Fsp3) is 0.647. The number of nitrogens with one attached hydrogen (secondary N) is 1. The molecule has 1 unspecified atom stereocenters. The maximum atomic E-state index is 3.70. The third-order valence-corrected chi connectivity index (χ3v) is 4.43. The van der Waals surface area contributed by atoms with Gasteiger partial charge in [-0.3, -0.25) is 0 Å². The molecule has 1 N–H and O–H groups in total. The molecule has 1 aliphatic rings. The summed E-state index contributed by atoms with van der Waals surface area (Å²) in [6, 6.07) is 9.38. The molecule has 2 rings (SSSR count). The minimum absolute atomic E-state index is 0.477. The molecule has 0 aliphatic heterocycles. The van der Waals surface area contributed by atoms with Gasteiger partial charge in [-0.15, -0.1) is 0 Å². The molecular formula is C17H27N. The highest BCUT2D eigenvalue weighted by molar-refractivity contribution is 5.23. The second-order valence-corrected chi connectivity index (χ2v) is 6.17. The molecule has 0 amide bonds. The summed E-state index contributed by atoms with van der Waals surface area (Å²) in [5, 5.41) is 3.70. The van der Waals surface area contributed by atoms with Crippen LogP contribution >= 0.6 is 0 Å². The summed E-state index contributed by atoms with van der Waals surface area (Å²) < 4.78 is 0. The molecule has 0 heterocycles. The lowest BCUT2D eigenvalue weighted by molar-refractivity contribution is 0.276. The molecule has 0 saturated heterocycles. The summed E-state index contributed by atoms with van der Waals surface area (Å²) in [6.45, 7) is 7.99. The van der Waals surface area contributed by atoms with E-state index in [0.29, 0.717) is 6.04 Å². The van der Waals surface area contributed by atoms with E-state index in [1.807, 2.05) is 0 Å². The van der Waals surface area contributed by atoms with Crippen LogP contribution in [-0.4, -0.2) is 6.54 Å². The molecule has 0 aromatic heterocycles. The number of hydrogen-bond acceptors (Lipinski definition) is 1. The van der Waals surface area contributed by atoms with Gasteiger partial charge in [0, 0.05) is 6.04 Å². The molecule has 1 aromatic carbocycles.